The summed E-state index contributed by atoms with van der Waals surface area (Å²) in [5.74, 6) is 0.197. The van der Waals surface area contributed by atoms with Crippen LogP contribution in [0.15, 0.2) is 30.3 Å². The number of amides is 1. The molecule has 0 saturated carbocycles. The third-order valence-corrected chi connectivity index (χ3v) is 5.40. The molecule has 1 aromatic heterocycles. The normalized spacial score (nSPS) is 18.6. The van der Waals surface area contributed by atoms with Gasteiger partial charge in [-0.25, -0.2) is 4.68 Å². The molecule has 1 fully saturated rings. The van der Waals surface area contributed by atoms with Crippen LogP contribution in [0.1, 0.15) is 50.9 Å². The number of para-hydroxylation sites is 1. The van der Waals surface area contributed by atoms with Crippen LogP contribution in [-0.2, 0) is 4.79 Å². The number of aromatic nitrogens is 2. The van der Waals surface area contributed by atoms with Crippen LogP contribution in [0.25, 0.3) is 5.69 Å². The first-order chi connectivity index (χ1) is 12.5. The monoisotopic (exact) mass is 354 g/mol. The van der Waals surface area contributed by atoms with E-state index in [0.717, 1.165) is 48.6 Å². The predicted molar refractivity (Wildman–Crippen MR) is 106 cm³/mol. The Morgan fingerprint density at radius 1 is 1.27 bits per heavy atom. The fourth-order valence-corrected chi connectivity index (χ4v) is 3.91. The second-order valence-electron chi connectivity index (χ2n) is 7.25. The Bertz CT molecular complexity index is 753. The van der Waals surface area contributed by atoms with Crippen molar-refractivity contribution in [3.8, 4) is 5.69 Å². The number of hydrogen-bond acceptors (Lipinski definition) is 3. The van der Waals surface area contributed by atoms with Gasteiger partial charge in [-0.05, 0) is 58.6 Å². The molecule has 5 nitrogen and oxygen atoms in total. The molecule has 1 N–H and O–H groups in total. The van der Waals surface area contributed by atoms with Crippen LogP contribution in [0.4, 0.5) is 5.69 Å². The van der Waals surface area contributed by atoms with Gasteiger partial charge in [-0.2, -0.15) is 5.10 Å². The maximum absolute atomic E-state index is 13.0. The molecular weight excluding hydrogens is 324 g/mol. The molecule has 2 atom stereocenters. The Balaban J connectivity index is 1.78. The first-order valence-corrected chi connectivity index (χ1v) is 9.71. The van der Waals surface area contributed by atoms with E-state index in [4.69, 9.17) is 0 Å². The van der Waals surface area contributed by atoms with Crippen molar-refractivity contribution in [2.75, 3.05) is 11.9 Å². The lowest BCUT2D eigenvalue weighted by atomic mass is 9.99. The molecule has 0 spiro atoms. The molecule has 3 rings (SSSR count). The number of carbonyl (C=O) groups excluding carboxylic acids is 1. The molecule has 0 bridgehead atoms. The van der Waals surface area contributed by atoms with Gasteiger partial charge in [-0.3, -0.25) is 4.79 Å². The average Bonchev–Trinajstić information content (AvgIpc) is 2.96. The zero-order chi connectivity index (χ0) is 18.7. The van der Waals surface area contributed by atoms with Crippen molar-refractivity contribution in [3.63, 3.8) is 0 Å². The maximum atomic E-state index is 13.0. The minimum absolute atomic E-state index is 0.197. The first-order valence-electron chi connectivity index (χ1n) is 9.71. The lowest BCUT2D eigenvalue weighted by Crippen LogP contribution is -2.49. The van der Waals surface area contributed by atoms with Crippen molar-refractivity contribution in [3.05, 3.63) is 41.7 Å². The number of nitrogens with one attached hydrogen (secondary N) is 1. The second kappa shape index (κ2) is 7.94. The van der Waals surface area contributed by atoms with Crippen molar-refractivity contribution in [2.24, 2.45) is 0 Å². The van der Waals surface area contributed by atoms with Crippen molar-refractivity contribution >= 4 is 11.6 Å². The van der Waals surface area contributed by atoms with E-state index in [9.17, 15) is 4.79 Å². The van der Waals surface area contributed by atoms with Gasteiger partial charge in [-0.1, -0.05) is 25.1 Å². The lowest BCUT2D eigenvalue weighted by molar-refractivity contribution is -0.135. The molecule has 5 heteroatoms. The number of aryl methyl sites for hydroxylation is 1. The van der Waals surface area contributed by atoms with Crippen LogP contribution in [-0.4, -0.2) is 39.2 Å². The summed E-state index contributed by atoms with van der Waals surface area (Å²) >= 11 is 0. The van der Waals surface area contributed by atoms with E-state index in [0.29, 0.717) is 6.04 Å². The van der Waals surface area contributed by atoms with Gasteiger partial charge < -0.3 is 10.2 Å². The van der Waals surface area contributed by atoms with Crippen LogP contribution >= 0.6 is 0 Å². The Kier molecular flexibility index (Phi) is 5.64. The van der Waals surface area contributed by atoms with Crippen LogP contribution in [0, 0.1) is 13.8 Å². The van der Waals surface area contributed by atoms with E-state index in [-0.39, 0.29) is 11.9 Å². The number of anilines is 1. The number of rotatable bonds is 5. The Labute approximate surface area is 156 Å². The van der Waals surface area contributed by atoms with Crippen LogP contribution in [0.5, 0.6) is 0 Å². The predicted octanol–water partition coefficient (Wildman–Crippen LogP) is 4.08. The third-order valence-electron chi connectivity index (χ3n) is 5.40. The van der Waals surface area contributed by atoms with E-state index in [2.05, 4.69) is 22.2 Å². The summed E-state index contributed by atoms with van der Waals surface area (Å²) in [6.45, 7) is 9.05. The molecule has 1 aliphatic rings. The number of likely N-dealkylation sites (tertiary alicyclic amines) is 1. The molecule has 0 radical (unpaired) electrons. The van der Waals surface area contributed by atoms with E-state index >= 15 is 0 Å². The molecular formula is C21H30N4O. The van der Waals surface area contributed by atoms with E-state index in [1.54, 1.807) is 0 Å². The van der Waals surface area contributed by atoms with Crippen LogP contribution < -0.4 is 5.32 Å². The number of hydrogen-bond donors (Lipinski definition) is 1. The molecule has 1 aromatic carbocycles. The summed E-state index contributed by atoms with van der Waals surface area (Å²) in [7, 11) is 0. The molecule has 2 aromatic rings. The summed E-state index contributed by atoms with van der Waals surface area (Å²) < 4.78 is 1.94. The number of benzene rings is 1. The molecule has 26 heavy (non-hydrogen) atoms. The highest BCUT2D eigenvalue weighted by Gasteiger charge is 2.29. The van der Waals surface area contributed by atoms with E-state index < -0.39 is 0 Å². The molecule has 140 valence electrons. The van der Waals surface area contributed by atoms with Gasteiger partial charge in [0, 0.05) is 12.6 Å². The van der Waals surface area contributed by atoms with Crippen molar-refractivity contribution in [1.29, 1.82) is 0 Å². The average molecular weight is 354 g/mol. The fraction of sp³-hybridized carbons (Fsp3) is 0.524. The van der Waals surface area contributed by atoms with Gasteiger partial charge in [0.15, 0.2) is 0 Å². The van der Waals surface area contributed by atoms with E-state index in [1.165, 1.54) is 6.42 Å². The highest BCUT2D eigenvalue weighted by Crippen LogP contribution is 2.25. The Morgan fingerprint density at radius 2 is 2.00 bits per heavy atom. The van der Waals surface area contributed by atoms with Crippen molar-refractivity contribution in [1.82, 2.24) is 14.7 Å². The highest BCUT2D eigenvalue weighted by molar-refractivity contribution is 5.85. The Morgan fingerprint density at radius 3 is 2.69 bits per heavy atom. The summed E-state index contributed by atoms with van der Waals surface area (Å²) in [4.78, 5) is 15.1. The van der Waals surface area contributed by atoms with Gasteiger partial charge in [0.05, 0.1) is 22.8 Å². The van der Waals surface area contributed by atoms with Crippen molar-refractivity contribution in [2.45, 2.75) is 65.5 Å². The van der Waals surface area contributed by atoms with Gasteiger partial charge in [0.25, 0.3) is 0 Å². The molecule has 2 heterocycles. The second-order valence-corrected chi connectivity index (χ2v) is 7.25. The standard InChI is InChI=1S/C21H30N4O/c1-5-18-11-9-10-14-24(18)21(26)16(3)22-20-15(2)23-25(17(20)4)19-12-7-6-8-13-19/h6-8,12-13,16,18,22H,5,9-11,14H2,1-4H3/t16-,18-/m1/s1. The zero-order valence-corrected chi connectivity index (χ0v) is 16.3. The summed E-state index contributed by atoms with van der Waals surface area (Å²) in [5, 5.41) is 8.10. The highest BCUT2D eigenvalue weighted by atomic mass is 16.2. The lowest BCUT2D eigenvalue weighted by Gasteiger charge is -2.37. The zero-order valence-electron chi connectivity index (χ0n) is 16.3. The number of nitrogens with zero attached hydrogens (tertiary/aromatic N) is 3. The summed E-state index contributed by atoms with van der Waals surface area (Å²) in [6, 6.07) is 10.2. The molecule has 0 aliphatic carbocycles. The molecule has 1 saturated heterocycles. The molecule has 0 unspecified atom stereocenters. The number of carbonyl (C=O) groups is 1. The Hall–Kier alpha value is -2.30. The first kappa shape index (κ1) is 18.5. The van der Waals surface area contributed by atoms with Gasteiger partial charge >= 0.3 is 0 Å². The van der Waals surface area contributed by atoms with Gasteiger partial charge in [0.2, 0.25) is 5.91 Å². The van der Waals surface area contributed by atoms with Gasteiger partial charge in [-0.15, -0.1) is 0 Å². The van der Waals surface area contributed by atoms with Crippen molar-refractivity contribution < 1.29 is 4.79 Å². The summed E-state index contributed by atoms with van der Waals surface area (Å²) in [6.07, 6.45) is 4.49. The summed E-state index contributed by atoms with van der Waals surface area (Å²) in [5.41, 5.74) is 3.93. The molecule has 1 amide bonds. The topological polar surface area (TPSA) is 50.2 Å². The van der Waals surface area contributed by atoms with Crippen LogP contribution in [0.3, 0.4) is 0 Å². The fourth-order valence-electron chi connectivity index (χ4n) is 3.91. The minimum Gasteiger partial charge on any atom is -0.371 e. The SMILES string of the molecule is CC[C@@H]1CCCCN1C(=O)[C@@H](C)Nc1c(C)nn(-c2ccccc2)c1C. The van der Waals surface area contributed by atoms with E-state index in [1.807, 2.05) is 55.8 Å². The maximum Gasteiger partial charge on any atom is 0.245 e. The van der Waals surface area contributed by atoms with Crippen LogP contribution in [0.2, 0.25) is 0 Å². The smallest absolute Gasteiger partial charge is 0.245 e. The quantitative estimate of drug-likeness (QED) is 0.880. The third kappa shape index (κ3) is 3.62. The number of piperidine rings is 1. The molecule has 1 aliphatic heterocycles. The minimum atomic E-state index is -0.257. The largest absolute Gasteiger partial charge is 0.371 e. The van der Waals surface area contributed by atoms with Gasteiger partial charge in [0.1, 0.15) is 6.04 Å².